The first-order valence-electron chi connectivity index (χ1n) is 5.48. The van der Waals surface area contributed by atoms with Crippen molar-refractivity contribution in [3.63, 3.8) is 0 Å². The monoisotopic (exact) mass is 164 g/mol. The van der Waals surface area contributed by atoms with E-state index in [1.807, 2.05) is 0 Å². The summed E-state index contributed by atoms with van der Waals surface area (Å²) in [7, 11) is 0. The zero-order valence-corrected chi connectivity index (χ0v) is 8.18. The third kappa shape index (κ3) is 1.32. The topological polar surface area (TPSA) is 0 Å². The van der Waals surface area contributed by atoms with Gasteiger partial charge in [-0.3, -0.25) is 0 Å². The molecule has 0 aliphatic heterocycles. The van der Waals surface area contributed by atoms with Gasteiger partial charge in [0.1, 0.15) is 0 Å². The van der Waals surface area contributed by atoms with Crippen LogP contribution in [0.2, 0.25) is 0 Å². The van der Waals surface area contributed by atoms with Crippen molar-refractivity contribution in [1.82, 2.24) is 0 Å². The molecule has 3 unspecified atom stereocenters. The maximum atomic E-state index is 4.12. The Morgan fingerprint density at radius 2 is 2.00 bits per heavy atom. The van der Waals surface area contributed by atoms with E-state index in [-0.39, 0.29) is 0 Å². The van der Waals surface area contributed by atoms with E-state index in [4.69, 9.17) is 0 Å². The van der Waals surface area contributed by atoms with Gasteiger partial charge in [-0.2, -0.15) is 0 Å². The highest BCUT2D eigenvalue weighted by molar-refractivity contribution is 5.01. The van der Waals surface area contributed by atoms with Crippen LogP contribution < -0.4 is 0 Å². The summed E-state index contributed by atoms with van der Waals surface area (Å²) in [6.07, 6.45) is 8.58. The van der Waals surface area contributed by atoms with E-state index in [1.54, 1.807) is 0 Å². The molecule has 0 N–H and O–H groups in total. The molecule has 2 rings (SSSR count). The number of rotatable bonds is 3. The van der Waals surface area contributed by atoms with E-state index in [2.05, 4.69) is 13.5 Å². The molecule has 2 saturated carbocycles. The Morgan fingerprint density at radius 3 is 2.50 bits per heavy atom. The second kappa shape index (κ2) is 3.24. The van der Waals surface area contributed by atoms with Gasteiger partial charge in [-0.15, -0.1) is 0 Å². The molecule has 0 aromatic carbocycles. The zero-order chi connectivity index (χ0) is 8.55. The molecule has 2 aliphatic rings. The smallest absolute Gasteiger partial charge is 0.0292 e. The lowest BCUT2D eigenvalue weighted by atomic mass is 9.71. The highest BCUT2D eigenvalue weighted by Gasteiger charge is 2.41. The highest BCUT2D eigenvalue weighted by atomic mass is 14.5. The fraction of sp³-hybridized carbons (Fsp3) is 0.833. The summed E-state index contributed by atoms with van der Waals surface area (Å²) < 4.78 is 0. The second-order valence-corrected chi connectivity index (χ2v) is 4.65. The second-order valence-electron chi connectivity index (χ2n) is 4.65. The predicted octanol–water partition coefficient (Wildman–Crippen LogP) is 3.78. The Morgan fingerprint density at radius 1 is 1.25 bits per heavy atom. The van der Waals surface area contributed by atoms with E-state index in [9.17, 15) is 0 Å². The number of fused-ring (bicyclic) bond motifs is 1. The summed E-state index contributed by atoms with van der Waals surface area (Å²) in [5.41, 5.74) is 1.48. The van der Waals surface area contributed by atoms with E-state index in [0.717, 1.165) is 17.8 Å². The van der Waals surface area contributed by atoms with E-state index in [0.29, 0.717) is 0 Å². The third-order valence-corrected chi connectivity index (χ3v) is 4.04. The zero-order valence-electron chi connectivity index (χ0n) is 8.18. The summed E-state index contributed by atoms with van der Waals surface area (Å²) >= 11 is 0. The quantitative estimate of drug-likeness (QED) is 0.557. The van der Waals surface area contributed by atoms with Crippen molar-refractivity contribution in [2.24, 2.45) is 17.8 Å². The van der Waals surface area contributed by atoms with Gasteiger partial charge in [0, 0.05) is 0 Å². The van der Waals surface area contributed by atoms with Gasteiger partial charge in [0.05, 0.1) is 0 Å². The molecule has 0 saturated heterocycles. The molecule has 0 heterocycles. The molecule has 0 spiro atoms. The van der Waals surface area contributed by atoms with E-state index in [1.165, 1.54) is 44.1 Å². The fourth-order valence-electron chi connectivity index (χ4n) is 2.98. The van der Waals surface area contributed by atoms with Gasteiger partial charge in [-0.25, -0.2) is 0 Å². The Hall–Kier alpha value is -0.260. The summed E-state index contributed by atoms with van der Waals surface area (Å²) in [6, 6.07) is 0. The molecule has 2 fully saturated rings. The maximum Gasteiger partial charge on any atom is -0.0292 e. The molecular weight excluding hydrogens is 144 g/mol. The molecule has 3 atom stereocenters. The highest BCUT2D eigenvalue weighted by Crippen LogP contribution is 2.52. The van der Waals surface area contributed by atoms with E-state index >= 15 is 0 Å². The molecule has 0 aromatic heterocycles. The minimum Gasteiger partial charge on any atom is -0.0999 e. The Bertz CT molecular complexity index is 180. The van der Waals surface area contributed by atoms with Gasteiger partial charge in [-0.05, 0) is 56.3 Å². The lowest BCUT2D eigenvalue weighted by molar-refractivity contribution is 0.170. The molecule has 12 heavy (non-hydrogen) atoms. The SMILES string of the molecule is C=C(CC)CC1CCC2CCC21. The third-order valence-electron chi connectivity index (χ3n) is 4.04. The van der Waals surface area contributed by atoms with Crippen molar-refractivity contribution in [3.8, 4) is 0 Å². The fourth-order valence-corrected chi connectivity index (χ4v) is 2.98. The van der Waals surface area contributed by atoms with Crippen LogP contribution in [0.3, 0.4) is 0 Å². The van der Waals surface area contributed by atoms with Crippen LogP contribution >= 0.6 is 0 Å². The van der Waals surface area contributed by atoms with Gasteiger partial charge in [0.25, 0.3) is 0 Å². The summed E-state index contributed by atoms with van der Waals surface area (Å²) in [4.78, 5) is 0. The van der Waals surface area contributed by atoms with Crippen LogP contribution in [0.5, 0.6) is 0 Å². The molecule has 0 bridgehead atoms. The number of hydrogen-bond acceptors (Lipinski definition) is 0. The minimum atomic E-state index is 1.02. The van der Waals surface area contributed by atoms with Crippen molar-refractivity contribution >= 4 is 0 Å². The molecule has 0 radical (unpaired) electrons. The van der Waals surface area contributed by atoms with Gasteiger partial charge in [0.2, 0.25) is 0 Å². The van der Waals surface area contributed by atoms with E-state index < -0.39 is 0 Å². The Balaban J connectivity index is 1.85. The standard InChI is InChI=1S/C12H20/c1-3-9(2)8-11-5-4-10-6-7-12(10)11/h10-12H,2-8H2,1H3. The Kier molecular flexibility index (Phi) is 2.25. The normalized spacial score (nSPS) is 38.9. The van der Waals surface area contributed by atoms with Crippen molar-refractivity contribution < 1.29 is 0 Å². The van der Waals surface area contributed by atoms with Crippen LogP contribution in [-0.4, -0.2) is 0 Å². The molecule has 0 aromatic rings. The first-order chi connectivity index (χ1) is 5.81. The average Bonchev–Trinajstić information content (AvgIpc) is 2.26. The molecule has 0 amide bonds. The van der Waals surface area contributed by atoms with Crippen molar-refractivity contribution in [3.05, 3.63) is 12.2 Å². The largest absolute Gasteiger partial charge is 0.0999 e. The van der Waals surface area contributed by atoms with Crippen molar-refractivity contribution in [2.75, 3.05) is 0 Å². The van der Waals surface area contributed by atoms with Crippen LogP contribution in [0.1, 0.15) is 45.4 Å². The first kappa shape index (κ1) is 8.34. The number of hydrogen-bond donors (Lipinski definition) is 0. The van der Waals surface area contributed by atoms with Crippen LogP contribution in [0.25, 0.3) is 0 Å². The molecule has 68 valence electrons. The van der Waals surface area contributed by atoms with Gasteiger partial charge >= 0.3 is 0 Å². The molecule has 0 nitrogen and oxygen atoms in total. The Labute approximate surface area is 76.1 Å². The minimum absolute atomic E-state index is 1.02. The van der Waals surface area contributed by atoms with Crippen LogP contribution in [0, 0.1) is 17.8 Å². The van der Waals surface area contributed by atoms with Crippen LogP contribution in [0.4, 0.5) is 0 Å². The maximum absolute atomic E-state index is 4.12. The lowest BCUT2D eigenvalue weighted by Gasteiger charge is -2.34. The summed E-state index contributed by atoms with van der Waals surface area (Å²) in [6.45, 7) is 6.35. The van der Waals surface area contributed by atoms with Crippen LogP contribution in [-0.2, 0) is 0 Å². The van der Waals surface area contributed by atoms with Gasteiger partial charge < -0.3 is 0 Å². The molecular formula is C12H20. The van der Waals surface area contributed by atoms with Crippen molar-refractivity contribution in [2.45, 2.75) is 45.4 Å². The average molecular weight is 164 g/mol. The van der Waals surface area contributed by atoms with Gasteiger partial charge in [-0.1, -0.05) is 19.1 Å². The molecule has 0 heteroatoms. The summed E-state index contributed by atoms with van der Waals surface area (Å²) in [5, 5.41) is 0. The lowest BCUT2D eigenvalue weighted by Crippen LogP contribution is -2.24. The van der Waals surface area contributed by atoms with Crippen molar-refractivity contribution in [1.29, 1.82) is 0 Å². The van der Waals surface area contributed by atoms with Gasteiger partial charge in [0.15, 0.2) is 0 Å². The molecule has 2 aliphatic carbocycles. The predicted molar refractivity (Wildman–Crippen MR) is 53.0 cm³/mol. The van der Waals surface area contributed by atoms with Crippen LogP contribution in [0.15, 0.2) is 12.2 Å². The number of allylic oxidation sites excluding steroid dienone is 1. The first-order valence-corrected chi connectivity index (χ1v) is 5.48. The summed E-state index contributed by atoms with van der Waals surface area (Å²) in [5.74, 6) is 3.25.